The van der Waals surface area contributed by atoms with Crippen molar-refractivity contribution < 1.29 is 0 Å². The average molecular weight is 308 g/mol. The zero-order valence-electron chi connectivity index (χ0n) is 15.0. The Balaban J connectivity index is 2.05. The molecule has 0 bridgehead atoms. The molecule has 0 amide bonds. The van der Waals surface area contributed by atoms with Crippen LogP contribution in [0.5, 0.6) is 0 Å². The average Bonchev–Trinajstić information content (AvgIpc) is 2.48. The van der Waals surface area contributed by atoms with E-state index in [2.05, 4.69) is 37.2 Å². The fraction of sp³-hybridized carbons (Fsp3) is 0.842. The summed E-state index contributed by atoms with van der Waals surface area (Å²) in [6, 6.07) is 0. The maximum Gasteiger partial charge on any atom is 0.188 e. The lowest BCUT2D eigenvalue weighted by Crippen LogP contribution is -2.32. The fourth-order valence-corrected chi connectivity index (χ4v) is 2.96. The van der Waals surface area contributed by atoms with E-state index in [0.717, 1.165) is 37.8 Å². The molecule has 0 radical (unpaired) electrons. The van der Waals surface area contributed by atoms with Crippen LogP contribution in [0.1, 0.15) is 78.6 Å². The minimum Gasteiger partial charge on any atom is -0.370 e. The molecule has 22 heavy (non-hydrogen) atoms. The quantitative estimate of drug-likeness (QED) is 0.351. The topological polar surface area (TPSA) is 50.4 Å². The zero-order chi connectivity index (χ0) is 16.2. The molecular weight excluding hydrogens is 270 g/mol. The summed E-state index contributed by atoms with van der Waals surface area (Å²) in [4.78, 5) is 4.45. The van der Waals surface area contributed by atoms with Crippen molar-refractivity contribution in [2.75, 3.05) is 13.1 Å². The van der Waals surface area contributed by atoms with Gasteiger partial charge in [-0.25, -0.2) is 0 Å². The van der Waals surface area contributed by atoms with Crippen LogP contribution < -0.4 is 11.1 Å². The highest BCUT2D eigenvalue weighted by Gasteiger charge is 2.04. The molecule has 3 N–H and O–H groups in total. The van der Waals surface area contributed by atoms with Crippen molar-refractivity contribution in [3.8, 4) is 0 Å². The van der Waals surface area contributed by atoms with Gasteiger partial charge in [0.2, 0.25) is 0 Å². The molecule has 0 aromatic rings. The van der Waals surface area contributed by atoms with E-state index in [-0.39, 0.29) is 0 Å². The Kier molecular flexibility index (Phi) is 10.0. The Hall–Kier alpha value is -0.990. The first-order valence-electron chi connectivity index (χ1n) is 9.29. The normalized spacial score (nSPS) is 17.5. The second-order valence-corrected chi connectivity index (χ2v) is 7.27. The summed E-state index contributed by atoms with van der Waals surface area (Å²) >= 11 is 0. The number of nitrogens with two attached hydrogens (primary N) is 1. The van der Waals surface area contributed by atoms with Gasteiger partial charge in [-0.15, -0.1) is 0 Å². The second-order valence-electron chi connectivity index (χ2n) is 7.27. The van der Waals surface area contributed by atoms with E-state index in [1.807, 2.05) is 0 Å². The predicted molar refractivity (Wildman–Crippen MR) is 98.1 cm³/mol. The van der Waals surface area contributed by atoms with Gasteiger partial charge in [-0.1, -0.05) is 51.7 Å². The highest BCUT2D eigenvalue weighted by molar-refractivity contribution is 5.77. The molecule has 3 nitrogen and oxygen atoms in total. The molecule has 0 spiro atoms. The van der Waals surface area contributed by atoms with E-state index in [1.165, 1.54) is 44.9 Å². The third kappa shape index (κ3) is 9.86. The van der Waals surface area contributed by atoms with Crippen LogP contribution in [-0.4, -0.2) is 19.0 Å². The van der Waals surface area contributed by atoms with Crippen LogP contribution in [0.15, 0.2) is 16.6 Å². The van der Waals surface area contributed by atoms with E-state index >= 15 is 0 Å². The molecule has 1 aliphatic rings. The molecule has 0 aromatic heterocycles. The Morgan fingerprint density at radius 3 is 2.73 bits per heavy atom. The van der Waals surface area contributed by atoms with Crippen LogP contribution >= 0.6 is 0 Å². The molecular formula is C19H37N3. The largest absolute Gasteiger partial charge is 0.370 e. The summed E-state index contributed by atoms with van der Waals surface area (Å²) in [5.41, 5.74) is 7.52. The lowest BCUT2D eigenvalue weighted by Gasteiger charge is -2.13. The van der Waals surface area contributed by atoms with E-state index in [9.17, 15) is 0 Å². The second kappa shape index (κ2) is 11.6. The number of hydrogen-bond acceptors (Lipinski definition) is 1. The molecule has 1 unspecified atom stereocenters. The smallest absolute Gasteiger partial charge is 0.188 e. The molecule has 3 heteroatoms. The highest BCUT2D eigenvalue weighted by atomic mass is 15.1. The Morgan fingerprint density at radius 1 is 1.23 bits per heavy atom. The molecule has 0 heterocycles. The number of guanidine groups is 1. The van der Waals surface area contributed by atoms with Gasteiger partial charge in [0, 0.05) is 13.1 Å². The summed E-state index contributed by atoms with van der Waals surface area (Å²) < 4.78 is 0. The lowest BCUT2D eigenvalue weighted by atomic mass is 9.97. The van der Waals surface area contributed by atoms with Crippen molar-refractivity contribution in [3.63, 3.8) is 0 Å². The third-order valence-corrected chi connectivity index (χ3v) is 4.52. The van der Waals surface area contributed by atoms with Gasteiger partial charge in [-0.05, 0) is 50.4 Å². The van der Waals surface area contributed by atoms with Crippen LogP contribution in [-0.2, 0) is 0 Å². The SMILES string of the molecule is CC(C)CCCC(C)CCN=C(N)NCCC1=CCCCC1. The summed E-state index contributed by atoms with van der Waals surface area (Å²) in [6.45, 7) is 8.69. The number of aliphatic imine (C=N–C) groups is 1. The van der Waals surface area contributed by atoms with Crippen molar-refractivity contribution in [2.45, 2.75) is 78.6 Å². The minimum absolute atomic E-state index is 0.616. The van der Waals surface area contributed by atoms with Gasteiger partial charge in [-0.3, -0.25) is 4.99 Å². The van der Waals surface area contributed by atoms with Gasteiger partial charge in [0.1, 0.15) is 0 Å². The fourth-order valence-electron chi connectivity index (χ4n) is 2.96. The van der Waals surface area contributed by atoms with Gasteiger partial charge in [0.05, 0.1) is 0 Å². The molecule has 0 aromatic carbocycles. The van der Waals surface area contributed by atoms with Crippen LogP contribution in [0.4, 0.5) is 0 Å². The number of nitrogens with zero attached hydrogens (tertiary/aromatic N) is 1. The Morgan fingerprint density at radius 2 is 2.05 bits per heavy atom. The van der Waals surface area contributed by atoms with Gasteiger partial charge in [0.25, 0.3) is 0 Å². The van der Waals surface area contributed by atoms with E-state index in [4.69, 9.17) is 5.73 Å². The Bertz CT molecular complexity index is 345. The van der Waals surface area contributed by atoms with Gasteiger partial charge in [-0.2, -0.15) is 0 Å². The van der Waals surface area contributed by atoms with Crippen molar-refractivity contribution in [3.05, 3.63) is 11.6 Å². The highest BCUT2D eigenvalue weighted by Crippen LogP contribution is 2.19. The van der Waals surface area contributed by atoms with Gasteiger partial charge < -0.3 is 11.1 Å². The van der Waals surface area contributed by atoms with Crippen molar-refractivity contribution in [2.24, 2.45) is 22.6 Å². The molecule has 0 saturated carbocycles. The lowest BCUT2D eigenvalue weighted by molar-refractivity contribution is 0.441. The van der Waals surface area contributed by atoms with Crippen molar-refractivity contribution in [1.29, 1.82) is 0 Å². The Labute approximate surface area is 137 Å². The summed E-state index contributed by atoms with van der Waals surface area (Å²) in [5.74, 6) is 2.19. The first kappa shape index (κ1) is 19.1. The number of rotatable bonds is 10. The molecule has 0 aliphatic heterocycles. The van der Waals surface area contributed by atoms with E-state index in [0.29, 0.717) is 5.96 Å². The standard InChI is InChI=1S/C19H37N3/c1-16(2)8-7-9-17(3)12-14-21-19(20)22-15-13-18-10-5-4-6-11-18/h10,16-17H,4-9,11-15H2,1-3H3,(H3,20,21,22). The molecule has 1 aliphatic carbocycles. The van der Waals surface area contributed by atoms with Crippen LogP contribution in [0.25, 0.3) is 0 Å². The molecule has 1 rings (SSSR count). The third-order valence-electron chi connectivity index (χ3n) is 4.52. The monoisotopic (exact) mass is 307 g/mol. The van der Waals surface area contributed by atoms with E-state index < -0.39 is 0 Å². The first-order chi connectivity index (χ1) is 10.6. The maximum atomic E-state index is 5.93. The van der Waals surface area contributed by atoms with Crippen molar-refractivity contribution in [1.82, 2.24) is 5.32 Å². The van der Waals surface area contributed by atoms with Gasteiger partial charge in [0.15, 0.2) is 5.96 Å². The number of nitrogens with one attached hydrogen (secondary N) is 1. The summed E-state index contributed by atoms with van der Waals surface area (Å²) in [6.07, 6.45) is 13.9. The molecule has 128 valence electrons. The maximum absolute atomic E-state index is 5.93. The minimum atomic E-state index is 0.616. The number of hydrogen-bond donors (Lipinski definition) is 2. The van der Waals surface area contributed by atoms with E-state index in [1.54, 1.807) is 5.57 Å². The summed E-state index contributed by atoms with van der Waals surface area (Å²) in [5, 5.41) is 3.25. The van der Waals surface area contributed by atoms with Crippen LogP contribution in [0, 0.1) is 11.8 Å². The number of allylic oxidation sites excluding steroid dienone is 1. The molecule has 0 saturated heterocycles. The molecule has 0 fully saturated rings. The first-order valence-corrected chi connectivity index (χ1v) is 9.29. The van der Waals surface area contributed by atoms with Gasteiger partial charge >= 0.3 is 0 Å². The van der Waals surface area contributed by atoms with Crippen molar-refractivity contribution >= 4 is 5.96 Å². The molecule has 1 atom stereocenters. The van der Waals surface area contributed by atoms with Crippen LogP contribution in [0.2, 0.25) is 0 Å². The zero-order valence-corrected chi connectivity index (χ0v) is 15.0. The summed E-state index contributed by atoms with van der Waals surface area (Å²) in [7, 11) is 0. The predicted octanol–water partition coefficient (Wildman–Crippen LogP) is 4.63. The van der Waals surface area contributed by atoms with Crippen LogP contribution in [0.3, 0.4) is 0 Å².